The Morgan fingerprint density at radius 3 is 2.24 bits per heavy atom. The Labute approximate surface area is 107 Å². The molecule has 0 aromatic heterocycles. The minimum atomic E-state index is 0.324. The molecule has 17 heavy (non-hydrogen) atoms. The molecule has 0 heterocycles. The third-order valence-electron chi connectivity index (χ3n) is 3.60. The summed E-state index contributed by atoms with van der Waals surface area (Å²) in [5, 5.41) is 3.40. The van der Waals surface area contributed by atoms with E-state index in [1.54, 1.807) is 0 Å². The summed E-state index contributed by atoms with van der Waals surface area (Å²) in [6.45, 7) is 7.84. The van der Waals surface area contributed by atoms with E-state index in [1.165, 1.54) is 36.8 Å². The van der Waals surface area contributed by atoms with Gasteiger partial charge in [0.25, 0.3) is 0 Å². The molecule has 0 saturated heterocycles. The minimum Gasteiger partial charge on any atom is -0.319 e. The summed E-state index contributed by atoms with van der Waals surface area (Å²) < 4.78 is 0. The van der Waals surface area contributed by atoms with Crippen molar-refractivity contribution in [3.05, 3.63) is 35.4 Å². The Morgan fingerprint density at radius 1 is 1.12 bits per heavy atom. The maximum atomic E-state index is 3.40. The predicted octanol–water partition coefficient (Wildman–Crippen LogP) is 4.05. The number of aryl methyl sites for hydroxylation is 1. The zero-order valence-electron chi connectivity index (χ0n) is 11.8. The van der Waals surface area contributed by atoms with Crippen molar-refractivity contribution in [2.75, 3.05) is 13.6 Å². The van der Waals surface area contributed by atoms with Gasteiger partial charge in [-0.05, 0) is 32.4 Å². The van der Waals surface area contributed by atoms with Crippen LogP contribution in [-0.4, -0.2) is 13.6 Å². The molecule has 0 aliphatic rings. The third-order valence-corrected chi connectivity index (χ3v) is 3.60. The molecule has 1 aromatic rings. The summed E-state index contributed by atoms with van der Waals surface area (Å²) in [7, 11) is 2.07. The van der Waals surface area contributed by atoms with E-state index in [2.05, 4.69) is 57.4 Å². The van der Waals surface area contributed by atoms with Gasteiger partial charge in [0.1, 0.15) is 0 Å². The molecule has 0 bridgehead atoms. The summed E-state index contributed by atoms with van der Waals surface area (Å²) in [5.74, 6) is 0. The van der Waals surface area contributed by atoms with Crippen LogP contribution in [0.4, 0.5) is 0 Å². The fourth-order valence-electron chi connectivity index (χ4n) is 2.96. The number of nitrogens with one attached hydrogen (secondary N) is 1. The Hall–Kier alpha value is -0.820. The Kier molecular flexibility index (Phi) is 5.70. The van der Waals surface area contributed by atoms with Crippen LogP contribution >= 0.6 is 0 Å². The van der Waals surface area contributed by atoms with Crippen LogP contribution in [0.15, 0.2) is 24.3 Å². The first-order valence-electron chi connectivity index (χ1n) is 6.90. The van der Waals surface area contributed by atoms with Crippen LogP contribution in [0, 0.1) is 6.92 Å². The summed E-state index contributed by atoms with van der Waals surface area (Å²) >= 11 is 0. The molecular weight excluding hydrogens is 206 g/mol. The first-order chi connectivity index (χ1) is 8.18. The molecule has 1 heteroatoms. The van der Waals surface area contributed by atoms with E-state index in [9.17, 15) is 0 Å². The zero-order chi connectivity index (χ0) is 12.7. The Balaban J connectivity index is 3.09. The molecule has 0 unspecified atom stereocenters. The lowest BCUT2D eigenvalue weighted by Gasteiger charge is -2.34. The van der Waals surface area contributed by atoms with Crippen LogP contribution < -0.4 is 5.32 Å². The van der Waals surface area contributed by atoms with E-state index in [1.807, 2.05) is 0 Å². The largest absolute Gasteiger partial charge is 0.319 e. The van der Waals surface area contributed by atoms with Gasteiger partial charge in [0.2, 0.25) is 0 Å². The van der Waals surface area contributed by atoms with Crippen LogP contribution in [0.3, 0.4) is 0 Å². The van der Waals surface area contributed by atoms with Crippen molar-refractivity contribution in [1.82, 2.24) is 5.32 Å². The van der Waals surface area contributed by atoms with Crippen molar-refractivity contribution in [2.45, 2.75) is 51.9 Å². The van der Waals surface area contributed by atoms with Gasteiger partial charge in [-0.1, -0.05) is 56.5 Å². The molecule has 1 N–H and O–H groups in total. The van der Waals surface area contributed by atoms with E-state index >= 15 is 0 Å². The van der Waals surface area contributed by atoms with Crippen molar-refractivity contribution in [3.8, 4) is 0 Å². The van der Waals surface area contributed by atoms with Crippen LogP contribution in [0.1, 0.15) is 50.7 Å². The first-order valence-corrected chi connectivity index (χ1v) is 6.90. The highest BCUT2D eigenvalue weighted by Crippen LogP contribution is 2.34. The molecule has 0 aliphatic heterocycles. The fraction of sp³-hybridized carbons (Fsp3) is 0.625. The van der Waals surface area contributed by atoms with Gasteiger partial charge in [-0.2, -0.15) is 0 Å². The number of rotatable bonds is 7. The van der Waals surface area contributed by atoms with Crippen LogP contribution in [0.5, 0.6) is 0 Å². The normalized spacial score (nSPS) is 11.8. The van der Waals surface area contributed by atoms with Gasteiger partial charge in [-0.15, -0.1) is 0 Å². The first kappa shape index (κ1) is 14.2. The average Bonchev–Trinajstić information content (AvgIpc) is 2.30. The van der Waals surface area contributed by atoms with Crippen molar-refractivity contribution in [1.29, 1.82) is 0 Å². The number of likely N-dealkylation sites (N-methyl/N-ethyl adjacent to an activating group) is 1. The van der Waals surface area contributed by atoms with Gasteiger partial charge in [0.15, 0.2) is 0 Å². The third kappa shape index (κ3) is 3.57. The second-order valence-electron chi connectivity index (χ2n) is 5.18. The molecule has 0 amide bonds. The van der Waals surface area contributed by atoms with E-state index in [0.717, 1.165) is 6.54 Å². The van der Waals surface area contributed by atoms with E-state index in [0.29, 0.717) is 5.41 Å². The molecule has 0 atom stereocenters. The second kappa shape index (κ2) is 6.80. The van der Waals surface area contributed by atoms with E-state index in [-0.39, 0.29) is 0 Å². The maximum Gasteiger partial charge on any atom is 0.00775 e. The molecule has 0 spiro atoms. The van der Waals surface area contributed by atoms with Crippen LogP contribution in [0.2, 0.25) is 0 Å². The lowest BCUT2D eigenvalue weighted by molar-refractivity contribution is 0.344. The molecule has 0 fully saturated rings. The topological polar surface area (TPSA) is 12.0 Å². The minimum absolute atomic E-state index is 0.324. The van der Waals surface area contributed by atoms with E-state index in [4.69, 9.17) is 0 Å². The Bertz CT molecular complexity index is 313. The van der Waals surface area contributed by atoms with Crippen molar-refractivity contribution >= 4 is 0 Å². The monoisotopic (exact) mass is 233 g/mol. The molecule has 0 radical (unpaired) electrons. The fourth-order valence-corrected chi connectivity index (χ4v) is 2.96. The second-order valence-corrected chi connectivity index (χ2v) is 5.18. The van der Waals surface area contributed by atoms with Gasteiger partial charge >= 0.3 is 0 Å². The van der Waals surface area contributed by atoms with Gasteiger partial charge in [-0.25, -0.2) is 0 Å². The van der Waals surface area contributed by atoms with Gasteiger partial charge in [0, 0.05) is 12.0 Å². The van der Waals surface area contributed by atoms with Crippen LogP contribution in [0.25, 0.3) is 0 Å². The van der Waals surface area contributed by atoms with Gasteiger partial charge < -0.3 is 5.32 Å². The zero-order valence-corrected chi connectivity index (χ0v) is 11.8. The molecule has 96 valence electrons. The standard InChI is InChI=1S/C16H27N/c1-5-10-16(11-6-2,13-17-4)15-9-7-8-14(3)12-15/h7-9,12,17H,5-6,10-11,13H2,1-4H3. The summed E-state index contributed by atoms with van der Waals surface area (Å²) in [5.41, 5.74) is 3.20. The molecular formula is C16H27N. The summed E-state index contributed by atoms with van der Waals surface area (Å²) in [6, 6.07) is 9.05. The Morgan fingerprint density at radius 2 is 1.76 bits per heavy atom. The summed E-state index contributed by atoms with van der Waals surface area (Å²) in [4.78, 5) is 0. The van der Waals surface area contributed by atoms with Gasteiger partial charge in [0.05, 0.1) is 0 Å². The lowest BCUT2D eigenvalue weighted by atomic mass is 9.73. The lowest BCUT2D eigenvalue weighted by Crippen LogP contribution is -2.36. The van der Waals surface area contributed by atoms with Crippen LogP contribution in [-0.2, 0) is 5.41 Å². The number of hydrogen-bond donors (Lipinski definition) is 1. The molecule has 0 saturated carbocycles. The summed E-state index contributed by atoms with van der Waals surface area (Å²) in [6.07, 6.45) is 5.03. The predicted molar refractivity (Wildman–Crippen MR) is 76.6 cm³/mol. The van der Waals surface area contributed by atoms with E-state index < -0.39 is 0 Å². The van der Waals surface area contributed by atoms with Crippen molar-refractivity contribution < 1.29 is 0 Å². The number of hydrogen-bond acceptors (Lipinski definition) is 1. The highest BCUT2D eigenvalue weighted by molar-refractivity contribution is 5.30. The molecule has 0 aliphatic carbocycles. The number of benzene rings is 1. The quantitative estimate of drug-likeness (QED) is 0.749. The molecule has 1 nitrogen and oxygen atoms in total. The molecule has 1 rings (SSSR count). The van der Waals surface area contributed by atoms with Crippen molar-refractivity contribution in [3.63, 3.8) is 0 Å². The SMILES string of the molecule is CCCC(CCC)(CNC)c1cccc(C)c1. The maximum absolute atomic E-state index is 3.40. The smallest absolute Gasteiger partial charge is 0.00775 e. The highest BCUT2D eigenvalue weighted by atomic mass is 14.8. The molecule has 1 aromatic carbocycles. The highest BCUT2D eigenvalue weighted by Gasteiger charge is 2.29. The van der Waals surface area contributed by atoms with Gasteiger partial charge in [-0.3, -0.25) is 0 Å². The van der Waals surface area contributed by atoms with Crippen molar-refractivity contribution in [2.24, 2.45) is 0 Å². The average molecular weight is 233 g/mol.